The van der Waals surface area contributed by atoms with Crippen molar-refractivity contribution in [3.8, 4) is 5.69 Å². The third kappa shape index (κ3) is 4.05. The van der Waals surface area contributed by atoms with E-state index in [0.717, 1.165) is 16.9 Å². The summed E-state index contributed by atoms with van der Waals surface area (Å²) in [7, 11) is -3.49. The highest BCUT2D eigenvalue weighted by molar-refractivity contribution is 7.91. The van der Waals surface area contributed by atoms with E-state index in [1.165, 1.54) is 11.3 Å². The Hall–Kier alpha value is -2.49. The summed E-state index contributed by atoms with van der Waals surface area (Å²) in [4.78, 5) is 14.8. The fourth-order valence-electron chi connectivity index (χ4n) is 3.73. The van der Waals surface area contributed by atoms with E-state index in [1.54, 1.807) is 33.3 Å². The van der Waals surface area contributed by atoms with Crippen molar-refractivity contribution in [3.05, 3.63) is 64.8 Å². The van der Waals surface area contributed by atoms with Crippen LogP contribution < -0.4 is 4.72 Å². The number of benzene rings is 1. The molecule has 9 heteroatoms. The molecule has 3 aromatic rings. The molecule has 0 radical (unpaired) electrons. The van der Waals surface area contributed by atoms with E-state index in [4.69, 9.17) is 0 Å². The Balaban J connectivity index is 1.42. The van der Waals surface area contributed by atoms with E-state index >= 15 is 0 Å². The van der Waals surface area contributed by atoms with Crippen LogP contribution >= 0.6 is 11.3 Å². The summed E-state index contributed by atoms with van der Waals surface area (Å²) in [5.41, 5.74) is 3.42. The summed E-state index contributed by atoms with van der Waals surface area (Å²) in [6, 6.07) is 11.1. The topological polar surface area (TPSA) is 84.3 Å². The van der Waals surface area contributed by atoms with Crippen LogP contribution in [0, 0.1) is 13.8 Å². The Morgan fingerprint density at radius 3 is 2.53 bits per heavy atom. The van der Waals surface area contributed by atoms with Gasteiger partial charge >= 0.3 is 0 Å². The predicted octanol–water partition coefficient (Wildman–Crippen LogP) is 3.13. The lowest BCUT2D eigenvalue weighted by atomic mass is 10.1. The van der Waals surface area contributed by atoms with Gasteiger partial charge in [0, 0.05) is 19.1 Å². The maximum atomic E-state index is 13.1. The molecule has 1 N–H and O–H groups in total. The molecule has 0 spiro atoms. The molecule has 0 bridgehead atoms. The van der Waals surface area contributed by atoms with Gasteiger partial charge in [0.2, 0.25) is 10.0 Å². The first-order valence-corrected chi connectivity index (χ1v) is 12.2. The molecule has 158 valence electrons. The Bertz CT molecular complexity index is 1140. The fourth-order valence-corrected chi connectivity index (χ4v) is 6.04. The number of hydrogen-bond acceptors (Lipinski definition) is 5. The summed E-state index contributed by atoms with van der Waals surface area (Å²) in [5, 5.41) is 6.18. The van der Waals surface area contributed by atoms with Crippen molar-refractivity contribution >= 4 is 27.3 Å². The van der Waals surface area contributed by atoms with E-state index in [2.05, 4.69) is 9.82 Å². The molecule has 0 saturated carbocycles. The molecule has 30 heavy (non-hydrogen) atoms. The molecule has 7 nitrogen and oxygen atoms in total. The van der Waals surface area contributed by atoms with Gasteiger partial charge in [0.25, 0.3) is 5.91 Å². The van der Waals surface area contributed by atoms with E-state index in [0.29, 0.717) is 35.7 Å². The lowest BCUT2D eigenvalue weighted by Gasteiger charge is -2.32. The van der Waals surface area contributed by atoms with Crippen molar-refractivity contribution in [3.63, 3.8) is 0 Å². The number of amides is 1. The SMILES string of the molecule is Cc1ccccc1-n1ncc(C(=O)N2CCC(NS(=O)(=O)c3cccs3)CC2)c1C. The largest absolute Gasteiger partial charge is 0.338 e. The number of aromatic nitrogens is 2. The number of carbonyl (C=O) groups is 1. The second kappa shape index (κ2) is 8.33. The highest BCUT2D eigenvalue weighted by Gasteiger charge is 2.29. The van der Waals surface area contributed by atoms with Gasteiger partial charge in [-0.15, -0.1) is 11.3 Å². The van der Waals surface area contributed by atoms with Crippen molar-refractivity contribution in [2.75, 3.05) is 13.1 Å². The van der Waals surface area contributed by atoms with Gasteiger partial charge in [-0.1, -0.05) is 24.3 Å². The molecule has 3 heterocycles. The van der Waals surface area contributed by atoms with Crippen LogP contribution in [0.3, 0.4) is 0 Å². The summed E-state index contributed by atoms with van der Waals surface area (Å²) >= 11 is 1.20. The third-order valence-corrected chi connectivity index (χ3v) is 8.37. The second-order valence-electron chi connectivity index (χ2n) is 7.46. The quantitative estimate of drug-likeness (QED) is 0.655. The summed E-state index contributed by atoms with van der Waals surface area (Å²) in [6.07, 6.45) is 2.79. The van der Waals surface area contributed by atoms with Gasteiger partial charge in [0.15, 0.2) is 0 Å². The molecule has 1 aliphatic rings. The molecular weight excluding hydrogens is 420 g/mol. The summed E-state index contributed by atoms with van der Waals surface area (Å²) < 4.78 is 29.7. The minimum absolute atomic E-state index is 0.0631. The van der Waals surface area contributed by atoms with Crippen molar-refractivity contribution in [2.24, 2.45) is 0 Å². The molecule has 1 saturated heterocycles. The van der Waals surface area contributed by atoms with Crippen LogP contribution in [0.25, 0.3) is 5.69 Å². The van der Waals surface area contributed by atoms with Crippen molar-refractivity contribution < 1.29 is 13.2 Å². The molecule has 1 amide bonds. The normalized spacial score (nSPS) is 15.5. The van der Waals surface area contributed by atoms with E-state index in [1.807, 2.05) is 38.1 Å². The molecule has 2 aromatic heterocycles. The van der Waals surface area contributed by atoms with Crippen LogP contribution in [-0.4, -0.2) is 48.1 Å². The fraction of sp³-hybridized carbons (Fsp3) is 0.333. The first kappa shape index (κ1) is 20.8. The number of aryl methyl sites for hydroxylation is 1. The van der Waals surface area contributed by atoms with Gasteiger partial charge in [-0.3, -0.25) is 4.79 Å². The van der Waals surface area contributed by atoms with E-state index in [9.17, 15) is 13.2 Å². The monoisotopic (exact) mass is 444 g/mol. The van der Waals surface area contributed by atoms with Gasteiger partial charge in [0.1, 0.15) is 4.21 Å². The average Bonchev–Trinajstić information content (AvgIpc) is 3.39. The molecule has 1 aliphatic heterocycles. The smallest absolute Gasteiger partial charge is 0.257 e. The molecule has 4 rings (SSSR count). The Kier molecular flexibility index (Phi) is 5.77. The zero-order chi connectivity index (χ0) is 21.3. The Morgan fingerprint density at radius 2 is 1.87 bits per heavy atom. The Labute approximate surface area is 180 Å². The van der Waals surface area contributed by atoms with Crippen LogP contribution in [0.2, 0.25) is 0 Å². The number of sulfonamides is 1. The maximum absolute atomic E-state index is 13.1. The van der Waals surface area contributed by atoms with Crippen LogP contribution in [0.1, 0.15) is 34.5 Å². The van der Waals surface area contributed by atoms with Crippen molar-refractivity contribution in [2.45, 2.75) is 36.9 Å². The minimum atomic E-state index is -3.49. The second-order valence-corrected chi connectivity index (χ2v) is 10.4. The zero-order valence-corrected chi connectivity index (χ0v) is 18.5. The van der Waals surface area contributed by atoms with Crippen LogP contribution in [0.5, 0.6) is 0 Å². The molecule has 0 aliphatic carbocycles. The first-order chi connectivity index (χ1) is 14.4. The average molecular weight is 445 g/mol. The van der Waals surface area contributed by atoms with Gasteiger partial charge in [0.05, 0.1) is 23.1 Å². The molecule has 0 atom stereocenters. The number of piperidine rings is 1. The number of likely N-dealkylation sites (tertiary alicyclic amines) is 1. The van der Waals surface area contributed by atoms with Gasteiger partial charge in [-0.2, -0.15) is 5.10 Å². The highest BCUT2D eigenvalue weighted by atomic mass is 32.2. The lowest BCUT2D eigenvalue weighted by Crippen LogP contribution is -2.46. The number of para-hydroxylation sites is 1. The van der Waals surface area contributed by atoms with Crippen LogP contribution in [0.15, 0.2) is 52.2 Å². The van der Waals surface area contributed by atoms with Gasteiger partial charge in [-0.25, -0.2) is 17.8 Å². The lowest BCUT2D eigenvalue weighted by molar-refractivity contribution is 0.0710. The predicted molar refractivity (Wildman–Crippen MR) is 117 cm³/mol. The first-order valence-electron chi connectivity index (χ1n) is 9.82. The molecule has 0 unspecified atom stereocenters. The molecule has 1 fully saturated rings. The van der Waals surface area contributed by atoms with Crippen LogP contribution in [0.4, 0.5) is 0 Å². The summed E-state index contributed by atoms with van der Waals surface area (Å²) in [6.45, 7) is 4.92. The van der Waals surface area contributed by atoms with Crippen molar-refractivity contribution in [1.29, 1.82) is 0 Å². The van der Waals surface area contributed by atoms with Gasteiger partial charge < -0.3 is 4.90 Å². The van der Waals surface area contributed by atoms with Crippen LogP contribution in [-0.2, 0) is 10.0 Å². The van der Waals surface area contributed by atoms with E-state index < -0.39 is 10.0 Å². The van der Waals surface area contributed by atoms with Gasteiger partial charge in [-0.05, 0) is 49.8 Å². The highest BCUT2D eigenvalue weighted by Crippen LogP contribution is 2.22. The number of nitrogens with zero attached hydrogens (tertiary/aromatic N) is 3. The zero-order valence-electron chi connectivity index (χ0n) is 16.9. The Morgan fingerprint density at radius 1 is 1.13 bits per heavy atom. The molecule has 1 aromatic carbocycles. The van der Waals surface area contributed by atoms with E-state index in [-0.39, 0.29) is 11.9 Å². The summed E-state index contributed by atoms with van der Waals surface area (Å²) in [5.74, 6) is -0.0631. The number of rotatable bonds is 5. The maximum Gasteiger partial charge on any atom is 0.257 e. The number of hydrogen-bond donors (Lipinski definition) is 1. The third-order valence-electron chi connectivity index (χ3n) is 5.45. The minimum Gasteiger partial charge on any atom is -0.338 e. The molecular formula is C21H24N4O3S2. The number of carbonyl (C=O) groups excluding carboxylic acids is 1. The standard InChI is InChI=1S/C21H24N4O3S2/c1-15-6-3-4-7-19(15)25-16(2)18(14-22-25)21(26)24-11-9-17(10-12-24)23-30(27,28)20-8-5-13-29-20/h3-8,13-14,17,23H,9-12H2,1-2H3. The number of nitrogens with one attached hydrogen (secondary N) is 1. The number of thiophene rings is 1. The van der Waals surface area contributed by atoms with Crippen molar-refractivity contribution in [1.82, 2.24) is 19.4 Å².